The Hall–Kier alpha value is -2.36. The Labute approximate surface area is 161 Å². The molecule has 1 atom stereocenters. The molecule has 1 unspecified atom stereocenters. The molecule has 1 aliphatic heterocycles. The highest BCUT2D eigenvalue weighted by Crippen LogP contribution is 2.34. The van der Waals surface area contributed by atoms with Gasteiger partial charge < -0.3 is 10.1 Å². The van der Waals surface area contributed by atoms with Crippen molar-refractivity contribution in [2.45, 2.75) is 39.3 Å². The molecule has 1 aliphatic rings. The van der Waals surface area contributed by atoms with Gasteiger partial charge in [-0.2, -0.15) is 0 Å². The summed E-state index contributed by atoms with van der Waals surface area (Å²) in [6, 6.07) is 15.5. The van der Waals surface area contributed by atoms with Gasteiger partial charge in [0.25, 0.3) is 0 Å². The molecular weight excluding hydrogens is 332 g/mol. The van der Waals surface area contributed by atoms with Crippen LogP contribution in [0.3, 0.4) is 0 Å². The summed E-state index contributed by atoms with van der Waals surface area (Å²) in [5.41, 5.74) is 8.02. The number of hydrogen-bond donors (Lipinski definition) is 2. The van der Waals surface area contributed by atoms with Crippen LogP contribution in [0.5, 0.6) is 0 Å². The maximum atomic E-state index is 9.38. The average Bonchev–Trinajstić information content (AvgIpc) is 3.17. The summed E-state index contributed by atoms with van der Waals surface area (Å²) in [5.74, 6) is 0. The van der Waals surface area contributed by atoms with Crippen LogP contribution in [0.4, 0.5) is 0 Å². The van der Waals surface area contributed by atoms with Crippen LogP contribution in [-0.4, -0.2) is 28.1 Å². The van der Waals surface area contributed by atoms with Gasteiger partial charge in [-0.15, -0.1) is 0 Å². The van der Waals surface area contributed by atoms with Crippen molar-refractivity contribution in [2.24, 2.45) is 0 Å². The molecule has 0 bridgehead atoms. The van der Waals surface area contributed by atoms with Gasteiger partial charge in [0.1, 0.15) is 0 Å². The summed E-state index contributed by atoms with van der Waals surface area (Å²) < 4.78 is 0. The third-order valence-corrected chi connectivity index (χ3v) is 5.82. The van der Waals surface area contributed by atoms with Crippen LogP contribution >= 0.6 is 0 Å². The highest BCUT2D eigenvalue weighted by Gasteiger charge is 2.24. The van der Waals surface area contributed by atoms with Crippen molar-refractivity contribution < 1.29 is 5.11 Å². The molecule has 2 aromatic carbocycles. The molecular formula is C24H28N2O. The van der Waals surface area contributed by atoms with E-state index in [2.05, 4.69) is 72.3 Å². The predicted octanol–water partition coefficient (Wildman–Crippen LogP) is 5.04. The summed E-state index contributed by atoms with van der Waals surface area (Å²) in [6.07, 6.45) is 6.23. The Morgan fingerprint density at radius 1 is 1.11 bits per heavy atom. The first-order valence-electron chi connectivity index (χ1n) is 9.83. The minimum absolute atomic E-state index is 0.231. The summed E-state index contributed by atoms with van der Waals surface area (Å²) in [6.45, 7) is 6.58. The largest absolute Gasteiger partial charge is 0.396 e. The summed E-state index contributed by atoms with van der Waals surface area (Å²) in [5, 5.41) is 10.7. The van der Waals surface area contributed by atoms with Crippen LogP contribution < -0.4 is 0 Å². The molecule has 3 aromatic rings. The van der Waals surface area contributed by atoms with Gasteiger partial charge in [-0.05, 0) is 55.0 Å². The number of hydrogen-bond acceptors (Lipinski definition) is 2. The maximum Gasteiger partial charge on any atom is 0.0537 e. The van der Waals surface area contributed by atoms with Crippen LogP contribution in [0.1, 0.15) is 41.1 Å². The van der Waals surface area contributed by atoms with Crippen molar-refractivity contribution in [1.82, 2.24) is 9.88 Å². The normalized spacial score (nSPS) is 18.0. The number of rotatable bonds is 5. The number of aliphatic hydroxyl groups is 1. The van der Waals surface area contributed by atoms with E-state index in [1.807, 2.05) is 6.20 Å². The number of benzene rings is 2. The standard InChI is InChI=1S/C24H28N2O/c1-17-14-18(2)24-21(8-11-25-24)22(17)16-26-12-9-19(10-13-27)15-23(26)20-6-4-3-5-7-20/h3-8,11,14-15,23,25,27H,9-10,12-13,16H2,1-2H3. The lowest BCUT2D eigenvalue weighted by molar-refractivity contribution is 0.207. The second-order valence-electron chi connectivity index (χ2n) is 7.63. The van der Waals surface area contributed by atoms with Crippen molar-refractivity contribution in [2.75, 3.05) is 13.2 Å². The molecule has 0 saturated carbocycles. The lowest BCUT2D eigenvalue weighted by Gasteiger charge is -2.35. The minimum atomic E-state index is 0.231. The highest BCUT2D eigenvalue weighted by atomic mass is 16.2. The van der Waals surface area contributed by atoms with Crippen LogP contribution in [0, 0.1) is 13.8 Å². The summed E-state index contributed by atoms with van der Waals surface area (Å²) in [4.78, 5) is 5.97. The molecule has 3 heteroatoms. The second kappa shape index (κ2) is 7.71. The minimum Gasteiger partial charge on any atom is -0.396 e. The van der Waals surface area contributed by atoms with E-state index in [1.54, 1.807) is 0 Å². The Balaban J connectivity index is 1.71. The second-order valence-corrected chi connectivity index (χ2v) is 7.63. The first-order valence-corrected chi connectivity index (χ1v) is 9.83. The van der Waals surface area contributed by atoms with Gasteiger partial charge >= 0.3 is 0 Å². The van der Waals surface area contributed by atoms with E-state index in [9.17, 15) is 5.11 Å². The zero-order valence-electron chi connectivity index (χ0n) is 16.2. The predicted molar refractivity (Wildman–Crippen MR) is 112 cm³/mol. The fourth-order valence-corrected chi connectivity index (χ4v) is 4.38. The lowest BCUT2D eigenvalue weighted by Crippen LogP contribution is -2.32. The van der Waals surface area contributed by atoms with Crippen LogP contribution in [-0.2, 0) is 6.54 Å². The molecule has 0 aliphatic carbocycles. The molecule has 1 aromatic heterocycles. The summed E-state index contributed by atoms with van der Waals surface area (Å²) >= 11 is 0. The van der Waals surface area contributed by atoms with Crippen molar-refractivity contribution in [1.29, 1.82) is 0 Å². The Bertz CT molecular complexity index is 955. The molecule has 0 fully saturated rings. The smallest absolute Gasteiger partial charge is 0.0537 e. The first-order chi connectivity index (χ1) is 13.2. The highest BCUT2D eigenvalue weighted by molar-refractivity contribution is 5.87. The van der Waals surface area contributed by atoms with Crippen LogP contribution in [0.15, 0.2) is 60.3 Å². The number of nitrogens with zero attached hydrogens (tertiary/aromatic N) is 1. The van der Waals surface area contributed by atoms with Gasteiger partial charge in [0.15, 0.2) is 0 Å². The maximum absolute atomic E-state index is 9.38. The third kappa shape index (κ3) is 3.58. The SMILES string of the molecule is Cc1cc(C)c2[nH]ccc2c1CN1CCC(CCO)=CC1c1ccccc1. The molecule has 0 spiro atoms. The molecule has 140 valence electrons. The van der Waals surface area contributed by atoms with E-state index in [1.165, 1.54) is 38.7 Å². The van der Waals surface area contributed by atoms with E-state index in [4.69, 9.17) is 0 Å². The van der Waals surface area contributed by atoms with E-state index in [0.717, 1.165) is 25.9 Å². The van der Waals surface area contributed by atoms with Crippen LogP contribution in [0.2, 0.25) is 0 Å². The number of aromatic amines is 1. The molecule has 2 N–H and O–H groups in total. The molecule has 0 amide bonds. The number of nitrogens with one attached hydrogen (secondary N) is 1. The first kappa shape index (κ1) is 18.0. The molecule has 4 rings (SSSR count). The van der Waals surface area contributed by atoms with Gasteiger partial charge in [0.05, 0.1) is 6.04 Å². The molecule has 0 radical (unpaired) electrons. The Kier molecular flexibility index (Phi) is 5.15. The van der Waals surface area contributed by atoms with E-state index in [0.29, 0.717) is 0 Å². The van der Waals surface area contributed by atoms with E-state index in [-0.39, 0.29) is 12.6 Å². The van der Waals surface area contributed by atoms with Gasteiger partial charge in [-0.3, -0.25) is 4.90 Å². The van der Waals surface area contributed by atoms with Gasteiger partial charge in [0, 0.05) is 36.8 Å². The van der Waals surface area contributed by atoms with Crippen LogP contribution in [0.25, 0.3) is 10.9 Å². The van der Waals surface area contributed by atoms with E-state index >= 15 is 0 Å². The topological polar surface area (TPSA) is 39.3 Å². The number of aryl methyl sites for hydroxylation is 2. The number of aromatic nitrogens is 1. The third-order valence-electron chi connectivity index (χ3n) is 5.82. The number of aliphatic hydroxyl groups excluding tert-OH is 1. The van der Waals surface area contributed by atoms with Crippen molar-refractivity contribution in [3.05, 3.63) is 82.6 Å². The monoisotopic (exact) mass is 360 g/mol. The van der Waals surface area contributed by atoms with Gasteiger partial charge in [0.2, 0.25) is 0 Å². The molecule has 2 heterocycles. The zero-order valence-corrected chi connectivity index (χ0v) is 16.2. The molecule has 27 heavy (non-hydrogen) atoms. The Morgan fingerprint density at radius 3 is 2.70 bits per heavy atom. The number of fused-ring (bicyclic) bond motifs is 1. The van der Waals surface area contributed by atoms with Crippen molar-refractivity contribution in [3.63, 3.8) is 0 Å². The van der Waals surface area contributed by atoms with Gasteiger partial charge in [-0.1, -0.05) is 48.0 Å². The molecule has 3 nitrogen and oxygen atoms in total. The van der Waals surface area contributed by atoms with E-state index < -0.39 is 0 Å². The Morgan fingerprint density at radius 2 is 1.93 bits per heavy atom. The lowest BCUT2D eigenvalue weighted by atomic mass is 9.93. The van der Waals surface area contributed by atoms with Gasteiger partial charge in [-0.25, -0.2) is 0 Å². The summed E-state index contributed by atoms with van der Waals surface area (Å²) in [7, 11) is 0. The quantitative estimate of drug-likeness (QED) is 0.626. The van der Waals surface area contributed by atoms with Crippen molar-refractivity contribution in [3.8, 4) is 0 Å². The average molecular weight is 361 g/mol. The van der Waals surface area contributed by atoms with Crippen molar-refractivity contribution >= 4 is 10.9 Å². The molecule has 0 saturated heterocycles. The fraction of sp³-hybridized carbons (Fsp3) is 0.333. The fourth-order valence-electron chi connectivity index (χ4n) is 4.38. The zero-order chi connectivity index (χ0) is 18.8. The number of H-pyrrole nitrogens is 1.